The number of likely N-dealkylation sites (N-methyl/N-ethyl adjacent to an activating group) is 1. The number of likely N-dealkylation sites (tertiary alicyclic amines) is 1. The van der Waals surface area contributed by atoms with Gasteiger partial charge in [-0.2, -0.15) is 0 Å². The van der Waals surface area contributed by atoms with E-state index in [0.29, 0.717) is 6.04 Å². The van der Waals surface area contributed by atoms with Gasteiger partial charge >= 0.3 is 0 Å². The molecule has 0 amide bonds. The van der Waals surface area contributed by atoms with E-state index in [4.69, 9.17) is 0 Å². The standard InChI is InChI=1S/C17H37N3/c1-6-8-17(14-18-13-15(3)4)19(5)16-9-11-20(7-2)12-10-16/h15-18H,6-14H2,1-5H3. The van der Waals surface area contributed by atoms with Gasteiger partial charge in [0.05, 0.1) is 0 Å². The second-order valence-corrected chi connectivity index (χ2v) is 6.83. The molecule has 1 rings (SSSR count). The first-order valence-corrected chi connectivity index (χ1v) is 8.73. The molecule has 1 unspecified atom stereocenters. The second kappa shape index (κ2) is 9.75. The molecule has 1 heterocycles. The van der Waals surface area contributed by atoms with E-state index in [9.17, 15) is 0 Å². The lowest BCUT2D eigenvalue weighted by Crippen LogP contribution is -2.50. The van der Waals surface area contributed by atoms with E-state index in [1.807, 2.05) is 0 Å². The van der Waals surface area contributed by atoms with Crippen LogP contribution in [0.1, 0.15) is 53.4 Å². The van der Waals surface area contributed by atoms with Crippen molar-refractivity contribution in [1.82, 2.24) is 15.1 Å². The van der Waals surface area contributed by atoms with Gasteiger partial charge in [0.2, 0.25) is 0 Å². The minimum absolute atomic E-state index is 0.705. The van der Waals surface area contributed by atoms with Crippen molar-refractivity contribution < 1.29 is 0 Å². The summed E-state index contributed by atoms with van der Waals surface area (Å²) in [5.74, 6) is 0.746. The van der Waals surface area contributed by atoms with Gasteiger partial charge in [-0.15, -0.1) is 0 Å². The summed E-state index contributed by atoms with van der Waals surface area (Å²) in [4.78, 5) is 5.25. The zero-order chi connectivity index (χ0) is 15.0. The van der Waals surface area contributed by atoms with Gasteiger partial charge in [-0.3, -0.25) is 4.90 Å². The van der Waals surface area contributed by atoms with E-state index in [1.54, 1.807) is 0 Å². The van der Waals surface area contributed by atoms with Crippen molar-refractivity contribution in [1.29, 1.82) is 0 Å². The maximum absolute atomic E-state index is 3.66. The summed E-state index contributed by atoms with van der Waals surface area (Å²) in [6.07, 6.45) is 5.28. The molecule has 1 N–H and O–H groups in total. The number of rotatable bonds is 9. The topological polar surface area (TPSA) is 18.5 Å². The third-order valence-corrected chi connectivity index (χ3v) is 4.71. The van der Waals surface area contributed by atoms with Crippen LogP contribution < -0.4 is 5.32 Å². The average Bonchev–Trinajstić information content (AvgIpc) is 2.45. The maximum Gasteiger partial charge on any atom is 0.0220 e. The number of piperidine rings is 1. The summed E-state index contributed by atoms with van der Waals surface area (Å²) in [5, 5.41) is 3.66. The lowest BCUT2D eigenvalue weighted by atomic mass is 10.00. The van der Waals surface area contributed by atoms with Gasteiger partial charge in [0.25, 0.3) is 0 Å². The number of hydrogen-bond acceptors (Lipinski definition) is 3. The van der Waals surface area contributed by atoms with Crippen molar-refractivity contribution in [3.05, 3.63) is 0 Å². The Morgan fingerprint density at radius 3 is 2.30 bits per heavy atom. The summed E-state index contributed by atoms with van der Waals surface area (Å²) in [5.41, 5.74) is 0. The van der Waals surface area contributed by atoms with Crippen molar-refractivity contribution in [2.75, 3.05) is 39.8 Å². The molecule has 0 spiro atoms. The first-order valence-electron chi connectivity index (χ1n) is 8.73. The van der Waals surface area contributed by atoms with Crippen molar-refractivity contribution in [2.45, 2.75) is 65.5 Å². The molecule has 0 saturated carbocycles. The maximum atomic E-state index is 3.66. The smallest absolute Gasteiger partial charge is 0.0220 e. The van der Waals surface area contributed by atoms with Crippen LogP contribution in [0.5, 0.6) is 0 Å². The Morgan fingerprint density at radius 2 is 1.80 bits per heavy atom. The van der Waals surface area contributed by atoms with Gasteiger partial charge < -0.3 is 10.2 Å². The van der Waals surface area contributed by atoms with E-state index in [2.05, 4.69) is 49.9 Å². The van der Waals surface area contributed by atoms with Gasteiger partial charge in [-0.1, -0.05) is 34.1 Å². The molecule has 0 bridgehead atoms. The summed E-state index contributed by atoms with van der Waals surface area (Å²) < 4.78 is 0. The summed E-state index contributed by atoms with van der Waals surface area (Å²) in [7, 11) is 2.35. The highest BCUT2D eigenvalue weighted by Gasteiger charge is 2.25. The van der Waals surface area contributed by atoms with E-state index >= 15 is 0 Å². The third kappa shape index (κ3) is 6.11. The lowest BCUT2D eigenvalue weighted by Gasteiger charge is -2.40. The summed E-state index contributed by atoms with van der Waals surface area (Å²) >= 11 is 0. The molecule has 1 aliphatic heterocycles. The zero-order valence-corrected chi connectivity index (χ0v) is 14.5. The molecular weight excluding hydrogens is 246 g/mol. The fourth-order valence-corrected chi connectivity index (χ4v) is 3.26. The van der Waals surface area contributed by atoms with Crippen molar-refractivity contribution in [2.24, 2.45) is 5.92 Å². The van der Waals surface area contributed by atoms with Gasteiger partial charge in [0.1, 0.15) is 0 Å². The van der Waals surface area contributed by atoms with Crippen LogP contribution in [0.15, 0.2) is 0 Å². The summed E-state index contributed by atoms with van der Waals surface area (Å²) in [6.45, 7) is 15.2. The van der Waals surface area contributed by atoms with Crippen LogP contribution in [-0.4, -0.2) is 61.7 Å². The van der Waals surface area contributed by atoms with Crippen LogP contribution in [0.2, 0.25) is 0 Å². The van der Waals surface area contributed by atoms with Gasteiger partial charge in [0, 0.05) is 18.6 Å². The minimum Gasteiger partial charge on any atom is -0.315 e. The van der Waals surface area contributed by atoms with E-state index in [-0.39, 0.29) is 0 Å². The molecule has 1 aliphatic rings. The highest BCUT2D eigenvalue weighted by molar-refractivity contribution is 4.83. The zero-order valence-electron chi connectivity index (χ0n) is 14.5. The molecule has 1 fully saturated rings. The molecule has 0 radical (unpaired) electrons. The SMILES string of the molecule is CCCC(CNCC(C)C)N(C)C1CCN(CC)CC1. The van der Waals surface area contributed by atoms with Gasteiger partial charge in [-0.05, 0) is 58.4 Å². The Morgan fingerprint density at radius 1 is 1.15 bits per heavy atom. The molecule has 3 heteroatoms. The predicted molar refractivity (Wildman–Crippen MR) is 89.3 cm³/mol. The Labute approximate surface area is 127 Å². The van der Waals surface area contributed by atoms with Crippen molar-refractivity contribution in [3.8, 4) is 0 Å². The molecule has 120 valence electrons. The van der Waals surface area contributed by atoms with E-state index in [0.717, 1.165) is 25.0 Å². The molecule has 0 aliphatic carbocycles. The average molecular weight is 284 g/mol. The Kier molecular flexibility index (Phi) is 8.74. The first-order chi connectivity index (χ1) is 9.58. The summed E-state index contributed by atoms with van der Waals surface area (Å²) in [6, 6.07) is 1.49. The third-order valence-electron chi connectivity index (χ3n) is 4.71. The quantitative estimate of drug-likeness (QED) is 0.702. The number of nitrogens with one attached hydrogen (secondary N) is 1. The molecule has 3 nitrogen and oxygen atoms in total. The van der Waals surface area contributed by atoms with Crippen molar-refractivity contribution >= 4 is 0 Å². The lowest BCUT2D eigenvalue weighted by molar-refractivity contribution is 0.0933. The van der Waals surface area contributed by atoms with Gasteiger partial charge in [-0.25, -0.2) is 0 Å². The fraction of sp³-hybridized carbons (Fsp3) is 1.00. The van der Waals surface area contributed by atoms with Gasteiger partial charge in [0.15, 0.2) is 0 Å². The van der Waals surface area contributed by atoms with Crippen LogP contribution in [0, 0.1) is 5.92 Å². The first kappa shape index (κ1) is 17.9. The number of nitrogens with zero attached hydrogens (tertiary/aromatic N) is 2. The molecule has 1 saturated heterocycles. The molecule has 0 aromatic heterocycles. The highest BCUT2D eigenvalue weighted by atomic mass is 15.2. The molecular formula is C17H37N3. The van der Waals surface area contributed by atoms with Crippen LogP contribution in [0.3, 0.4) is 0 Å². The molecule has 1 atom stereocenters. The second-order valence-electron chi connectivity index (χ2n) is 6.83. The van der Waals surface area contributed by atoms with Crippen LogP contribution in [0.25, 0.3) is 0 Å². The van der Waals surface area contributed by atoms with Crippen molar-refractivity contribution in [3.63, 3.8) is 0 Å². The Balaban J connectivity index is 2.40. The van der Waals surface area contributed by atoms with E-state index in [1.165, 1.54) is 45.3 Å². The van der Waals surface area contributed by atoms with Crippen LogP contribution in [0.4, 0.5) is 0 Å². The normalized spacial score (nSPS) is 19.9. The number of hydrogen-bond donors (Lipinski definition) is 1. The largest absolute Gasteiger partial charge is 0.315 e. The van der Waals surface area contributed by atoms with E-state index < -0.39 is 0 Å². The van der Waals surface area contributed by atoms with Crippen LogP contribution >= 0.6 is 0 Å². The fourth-order valence-electron chi connectivity index (χ4n) is 3.26. The predicted octanol–water partition coefficient (Wildman–Crippen LogP) is 2.82. The monoisotopic (exact) mass is 283 g/mol. The van der Waals surface area contributed by atoms with Crippen LogP contribution in [-0.2, 0) is 0 Å². The molecule has 20 heavy (non-hydrogen) atoms. The highest BCUT2D eigenvalue weighted by Crippen LogP contribution is 2.19. The molecule has 0 aromatic rings. The Bertz CT molecular complexity index is 234. The molecule has 0 aromatic carbocycles. The Hall–Kier alpha value is -0.120. The minimum atomic E-state index is 0.705.